The van der Waals surface area contributed by atoms with Crippen molar-refractivity contribution in [3.8, 4) is 11.5 Å². The number of ether oxygens (including phenoxy) is 2. The minimum atomic E-state index is -0.428. The van der Waals surface area contributed by atoms with Crippen LogP contribution in [-0.2, 0) is 11.2 Å². The Bertz CT molecular complexity index is 932. The maximum Gasteiger partial charge on any atom is 0.286 e. The lowest BCUT2D eigenvalue weighted by Crippen LogP contribution is -2.42. The van der Waals surface area contributed by atoms with Crippen molar-refractivity contribution in [2.75, 3.05) is 14.2 Å². The highest BCUT2D eigenvalue weighted by molar-refractivity contribution is 5.99. The van der Waals surface area contributed by atoms with E-state index in [-0.39, 0.29) is 12.3 Å². The number of aromatic amines is 1. The minimum Gasteiger partial charge on any atom is -0.497 e. The van der Waals surface area contributed by atoms with Crippen LogP contribution in [0.15, 0.2) is 48.5 Å². The maximum atomic E-state index is 12.2. The molecule has 7 nitrogen and oxygen atoms in total. The molecule has 0 bridgehead atoms. The van der Waals surface area contributed by atoms with E-state index in [0.717, 1.165) is 22.2 Å². The van der Waals surface area contributed by atoms with Gasteiger partial charge in [-0.05, 0) is 42.0 Å². The van der Waals surface area contributed by atoms with Crippen LogP contribution >= 0.6 is 0 Å². The van der Waals surface area contributed by atoms with E-state index in [0.29, 0.717) is 11.4 Å². The third-order valence-corrected chi connectivity index (χ3v) is 3.91. The molecular formula is C19H19N3O4. The molecule has 3 aromatic rings. The van der Waals surface area contributed by atoms with Crippen LogP contribution in [0, 0.1) is 0 Å². The lowest BCUT2D eigenvalue weighted by atomic mass is 10.1. The van der Waals surface area contributed by atoms with Gasteiger partial charge in [0.25, 0.3) is 5.91 Å². The molecule has 0 aliphatic rings. The van der Waals surface area contributed by atoms with Crippen LogP contribution in [0.3, 0.4) is 0 Å². The number of H-pyrrole nitrogens is 1. The minimum absolute atomic E-state index is 0.147. The summed E-state index contributed by atoms with van der Waals surface area (Å²) in [5.74, 6) is 0.679. The lowest BCUT2D eigenvalue weighted by Gasteiger charge is -2.07. The van der Waals surface area contributed by atoms with Crippen LogP contribution in [-0.4, -0.2) is 31.0 Å². The number of rotatable bonds is 5. The van der Waals surface area contributed by atoms with Crippen molar-refractivity contribution in [2.45, 2.75) is 6.42 Å². The Labute approximate surface area is 150 Å². The number of methoxy groups -OCH3 is 2. The molecule has 134 valence electrons. The lowest BCUT2D eigenvalue weighted by molar-refractivity contribution is -0.121. The van der Waals surface area contributed by atoms with Crippen molar-refractivity contribution in [2.24, 2.45) is 0 Å². The summed E-state index contributed by atoms with van der Waals surface area (Å²) >= 11 is 0. The Morgan fingerprint density at radius 1 is 0.923 bits per heavy atom. The number of nitrogens with one attached hydrogen (secondary N) is 3. The third kappa shape index (κ3) is 3.94. The number of hydrogen-bond acceptors (Lipinski definition) is 4. The molecule has 3 rings (SSSR count). The molecule has 0 radical (unpaired) electrons. The standard InChI is InChI=1S/C19H19N3O4/c1-25-14-5-3-12(4-6-14)9-18(23)21-22-19(24)17-11-13-10-15(26-2)7-8-16(13)20-17/h3-8,10-11,20H,9H2,1-2H3,(H,21,23)(H,22,24). The van der Waals surface area contributed by atoms with E-state index in [9.17, 15) is 9.59 Å². The van der Waals surface area contributed by atoms with Gasteiger partial charge in [-0.3, -0.25) is 20.4 Å². The van der Waals surface area contributed by atoms with Gasteiger partial charge in [0.2, 0.25) is 5.91 Å². The number of amides is 2. The Balaban J connectivity index is 1.58. The smallest absolute Gasteiger partial charge is 0.286 e. The molecule has 2 aromatic carbocycles. The summed E-state index contributed by atoms with van der Waals surface area (Å²) in [4.78, 5) is 27.2. The first-order valence-electron chi connectivity index (χ1n) is 7.98. The van der Waals surface area contributed by atoms with Gasteiger partial charge in [0.1, 0.15) is 17.2 Å². The first-order chi connectivity index (χ1) is 12.6. The fourth-order valence-corrected chi connectivity index (χ4v) is 2.53. The van der Waals surface area contributed by atoms with E-state index in [4.69, 9.17) is 9.47 Å². The van der Waals surface area contributed by atoms with Crippen molar-refractivity contribution >= 4 is 22.7 Å². The van der Waals surface area contributed by atoms with Crippen LogP contribution < -0.4 is 20.3 Å². The van der Waals surface area contributed by atoms with Gasteiger partial charge >= 0.3 is 0 Å². The van der Waals surface area contributed by atoms with Gasteiger partial charge in [0.05, 0.1) is 20.6 Å². The maximum absolute atomic E-state index is 12.2. The van der Waals surface area contributed by atoms with E-state index in [1.807, 2.05) is 12.1 Å². The average molecular weight is 353 g/mol. The van der Waals surface area contributed by atoms with E-state index in [1.165, 1.54) is 0 Å². The van der Waals surface area contributed by atoms with E-state index >= 15 is 0 Å². The number of carbonyl (C=O) groups excluding carboxylic acids is 2. The van der Waals surface area contributed by atoms with E-state index in [2.05, 4.69) is 15.8 Å². The number of benzene rings is 2. The van der Waals surface area contributed by atoms with Gasteiger partial charge < -0.3 is 14.5 Å². The number of hydrogen-bond donors (Lipinski definition) is 3. The van der Waals surface area contributed by atoms with Crippen molar-refractivity contribution in [3.63, 3.8) is 0 Å². The molecule has 1 aromatic heterocycles. The van der Waals surface area contributed by atoms with Gasteiger partial charge in [-0.1, -0.05) is 12.1 Å². The Morgan fingerprint density at radius 2 is 1.62 bits per heavy atom. The van der Waals surface area contributed by atoms with Crippen molar-refractivity contribution in [1.82, 2.24) is 15.8 Å². The largest absolute Gasteiger partial charge is 0.497 e. The Kier molecular flexibility index (Phi) is 5.07. The molecule has 2 amide bonds. The highest BCUT2D eigenvalue weighted by atomic mass is 16.5. The summed E-state index contributed by atoms with van der Waals surface area (Å²) in [5, 5.41) is 0.846. The second kappa shape index (κ2) is 7.60. The molecule has 1 heterocycles. The highest BCUT2D eigenvalue weighted by Crippen LogP contribution is 2.21. The van der Waals surface area contributed by atoms with Crippen LogP contribution in [0.1, 0.15) is 16.1 Å². The number of carbonyl (C=O) groups is 2. The molecule has 3 N–H and O–H groups in total. The van der Waals surface area contributed by atoms with Gasteiger partial charge in [-0.25, -0.2) is 0 Å². The third-order valence-electron chi connectivity index (χ3n) is 3.91. The molecule has 0 fully saturated rings. The molecule has 26 heavy (non-hydrogen) atoms. The van der Waals surface area contributed by atoms with Gasteiger partial charge in [-0.15, -0.1) is 0 Å². The monoisotopic (exact) mass is 353 g/mol. The summed E-state index contributed by atoms with van der Waals surface area (Å²) in [6.07, 6.45) is 0.147. The fourth-order valence-electron chi connectivity index (χ4n) is 2.53. The molecular weight excluding hydrogens is 334 g/mol. The summed E-state index contributed by atoms with van der Waals surface area (Å²) in [7, 11) is 3.16. The van der Waals surface area contributed by atoms with E-state index < -0.39 is 5.91 Å². The number of fused-ring (bicyclic) bond motifs is 1. The van der Waals surface area contributed by atoms with Crippen LogP contribution in [0.5, 0.6) is 11.5 Å². The summed E-state index contributed by atoms with van der Waals surface area (Å²) in [5.41, 5.74) is 6.78. The fraction of sp³-hybridized carbons (Fsp3) is 0.158. The van der Waals surface area contributed by atoms with Gasteiger partial charge in [0.15, 0.2) is 0 Å². The zero-order chi connectivity index (χ0) is 18.5. The predicted molar refractivity (Wildman–Crippen MR) is 97.2 cm³/mol. The Hall–Kier alpha value is -3.48. The zero-order valence-electron chi connectivity index (χ0n) is 14.5. The van der Waals surface area contributed by atoms with Crippen LogP contribution in [0.4, 0.5) is 0 Å². The molecule has 7 heteroatoms. The molecule has 0 saturated carbocycles. The van der Waals surface area contributed by atoms with Gasteiger partial charge in [0, 0.05) is 10.9 Å². The second-order valence-electron chi connectivity index (χ2n) is 5.66. The number of hydrazine groups is 1. The molecule has 0 aliphatic heterocycles. The summed E-state index contributed by atoms with van der Waals surface area (Å²) < 4.78 is 10.2. The molecule has 0 aliphatic carbocycles. The predicted octanol–water partition coefficient (Wildman–Crippen LogP) is 2.19. The van der Waals surface area contributed by atoms with E-state index in [1.54, 1.807) is 50.6 Å². The average Bonchev–Trinajstić information content (AvgIpc) is 3.10. The SMILES string of the molecule is COc1ccc(CC(=O)NNC(=O)c2cc3cc(OC)ccc3[nH]2)cc1. The Morgan fingerprint density at radius 3 is 2.31 bits per heavy atom. The number of aromatic nitrogens is 1. The van der Waals surface area contributed by atoms with Crippen LogP contribution in [0.25, 0.3) is 10.9 Å². The molecule has 0 saturated heterocycles. The van der Waals surface area contributed by atoms with Gasteiger partial charge in [-0.2, -0.15) is 0 Å². The highest BCUT2D eigenvalue weighted by Gasteiger charge is 2.11. The summed E-state index contributed by atoms with van der Waals surface area (Å²) in [6.45, 7) is 0. The molecule has 0 spiro atoms. The molecule has 0 unspecified atom stereocenters. The van der Waals surface area contributed by atoms with Crippen molar-refractivity contribution in [1.29, 1.82) is 0 Å². The first kappa shape index (κ1) is 17.3. The quantitative estimate of drug-likeness (QED) is 0.613. The van der Waals surface area contributed by atoms with Crippen LogP contribution in [0.2, 0.25) is 0 Å². The topological polar surface area (TPSA) is 92.5 Å². The second-order valence-corrected chi connectivity index (χ2v) is 5.66. The first-order valence-corrected chi connectivity index (χ1v) is 7.98. The van der Waals surface area contributed by atoms with Crippen molar-refractivity contribution in [3.05, 3.63) is 59.8 Å². The van der Waals surface area contributed by atoms with Crippen molar-refractivity contribution < 1.29 is 19.1 Å². The zero-order valence-corrected chi connectivity index (χ0v) is 14.5. The normalized spacial score (nSPS) is 10.4. The molecule has 0 atom stereocenters. The summed E-state index contributed by atoms with van der Waals surface area (Å²) in [6, 6.07) is 14.3.